The van der Waals surface area contributed by atoms with E-state index in [-0.39, 0.29) is 12.3 Å². The first kappa shape index (κ1) is 15.3. The highest BCUT2D eigenvalue weighted by atomic mass is 32.2. The minimum atomic E-state index is -3.51. The van der Waals surface area contributed by atoms with Crippen molar-refractivity contribution in [3.8, 4) is 11.5 Å². The number of anilines is 1. The maximum absolute atomic E-state index is 10.9. The van der Waals surface area contributed by atoms with E-state index in [1.807, 2.05) is 12.1 Å². The number of hydrogen-bond donors (Lipinski definition) is 2. The van der Waals surface area contributed by atoms with Crippen LogP contribution in [-0.2, 0) is 10.0 Å². The van der Waals surface area contributed by atoms with Crippen LogP contribution in [0.25, 0.3) is 10.8 Å². The molecule has 0 bridgehead atoms. The van der Waals surface area contributed by atoms with Gasteiger partial charge in [-0.05, 0) is 23.6 Å². The van der Waals surface area contributed by atoms with E-state index in [0.717, 1.165) is 10.8 Å². The zero-order chi connectivity index (χ0) is 15.5. The minimum Gasteiger partial charge on any atom is -0.493 e. The molecule has 7 nitrogen and oxygen atoms in total. The number of pyridine rings is 1. The Labute approximate surface area is 123 Å². The Balaban J connectivity index is 2.36. The van der Waals surface area contributed by atoms with Crippen LogP contribution in [0.5, 0.6) is 11.5 Å². The number of aromatic nitrogens is 1. The highest BCUT2D eigenvalue weighted by Gasteiger charge is 2.10. The molecule has 0 aliphatic carbocycles. The highest BCUT2D eigenvalue weighted by Crippen LogP contribution is 2.34. The Hall–Kier alpha value is -2.06. The summed E-state index contributed by atoms with van der Waals surface area (Å²) in [5.74, 6) is 1.59. The lowest BCUT2D eigenvalue weighted by Crippen LogP contribution is -2.22. The smallest absolute Gasteiger partial charge is 0.210 e. The molecule has 0 unspecified atom stereocenters. The lowest BCUT2D eigenvalue weighted by molar-refractivity contribution is 0.356. The summed E-state index contributed by atoms with van der Waals surface area (Å²) in [6.07, 6.45) is 1.63. The molecule has 0 saturated carbocycles. The van der Waals surface area contributed by atoms with E-state index >= 15 is 0 Å². The van der Waals surface area contributed by atoms with Gasteiger partial charge in [0.1, 0.15) is 5.82 Å². The Bertz CT molecular complexity index is 746. The molecule has 2 aromatic rings. The van der Waals surface area contributed by atoms with Crippen LogP contribution >= 0.6 is 0 Å². The van der Waals surface area contributed by atoms with Gasteiger partial charge in [-0.25, -0.2) is 18.5 Å². The molecular formula is C13H17N3O4S. The Morgan fingerprint density at radius 3 is 2.52 bits per heavy atom. The summed E-state index contributed by atoms with van der Waals surface area (Å²) in [5, 5.41) is 9.65. The van der Waals surface area contributed by atoms with Crippen LogP contribution in [0.1, 0.15) is 0 Å². The number of methoxy groups -OCH3 is 2. The quantitative estimate of drug-likeness (QED) is 0.823. The first-order valence-corrected chi connectivity index (χ1v) is 7.91. The first-order chi connectivity index (χ1) is 9.94. The molecule has 0 aliphatic heterocycles. The van der Waals surface area contributed by atoms with E-state index in [1.54, 1.807) is 26.5 Å². The maximum Gasteiger partial charge on any atom is 0.210 e. The molecule has 0 amide bonds. The zero-order valence-electron chi connectivity index (χ0n) is 11.8. The van der Waals surface area contributed by atoms with Gasteiger partial charge in [-0.3, -0.25) is 0 Å². The summed E-state index contributed by atoms with van der Waals surface area (Å²) in [5.41, 5.74) is 0. The fourth-order valence-corrected chi connectivity index (χ4v) is 2.34. The molecule has 0 atom stereocenters. The molecule has 0 aliphatic rings. The average Bonchev–Trinajstić information content (AvgIpc) is 2.44. The second kappa shape index (κ2) is 6.15. The van der Waals surface area contributed by atoms with Crippen LogP contribution in [0, 0.1) is 0 Å². The van der Waals surface area contributed by atoms with Gasteiger partial charge in [0.2, 0.25) is 10.0 Å². The summed E-state index contributed by atoms with van der Waals surface area (Å²) in [6.45, 7) is 0.180. The number of sulfonamides is 1. The Morgan fingerprint density at radius 2 is 1.90 bits per heavy atom. The first-order valence-electron chi connectivity index (χ1n) is 6.19. The number of nitrogens with one attached hydrogen (secondary N) is 1. The van der Waals surface area contributed by atoms with Crippen LogP contribution in [0.2, 0.25) is 0 Å². The molecule has 0 spiro atoms. The average molecular weight is 311 g/mol. The van der Waals surface area contributed by atoms with Gasteiger partial charge < -0.3 is 14.8 Å². The van der Waals surface area contributed by atoms with Gasteiger partial charge >= 0.3 is 0 Å². The van der Waals surface area contributed by atoms with Crippen molar-refractivity contribution in [3.05, 3.63) is 24.4 Å². The number of nitrogens with two attached hydrogens (primary N) is 1. The van der Waals surface area contributed by atoms with Crippen molar-refractivity contribution in [3.63, 3.8) is 0 Å². The van der Waals surface area contributed by atoms with Crippen molar-refractivity contribution in [2.45, 2.75) is 0 Å². The normalized spacial score (nSPS) is 11.4. The van der Waals surface area contributed by atoms with Gasteiger partial charge in [0.05, 0.1) is 20.0 Å². The molecule has 1 aromatic heterocycles. The van der Waals surface area contributed by atoms with Crippen molar-refractivity contribution in [1.29, 1.82) is 0 Å². The molecule has 8 heteroatoms. The Morgan fingerprint density at radius 1 is 1.24 bits per heavy atom. The molecule has 0 fully saturated rings. The van der Waals surface area contributed by atoms with E-state index in [2.05, 4.69) is 10.3 Å². The topological polar surface area (TPSA) is 104 Å². The predicted molar refractivity (Wildman–Crippen MR) is 81.3 cm³/mol. The van der Waals surface area contributed by atoms with Crippen LogP contribution in [-0.4, -0.2) is 39.9 Å². The molecule has 3 N–H and O–H groups in total. The van der Waals surface area contributed by atoms with Gasteiger partial charge in [0, 0.05) is 18.1 Å². The molecule has 1 heterocycles. The SMILES string of the molecule is COc1cc2ccnc(NCCS(N)(=O)=O)c2cc1OC. The summed E-state index contributed by atoms with van der Waals surface area (Å²) < 4.78 is 32.4. The van der Waals surface area contributed by atoms with Gasteiger partial charge in [-0.1, -0.05) is 0 Å². The number of rotatable bonds is 6. The molecule has 114 valence electrons. The molecule has 1 aromatic carbocycles. The van der Waals surface area contributed by atoms with E-state index in [4.69, 9.17) is 14.6 Å². The number of nitrogens with zero attached hydrogens (tertiary/aromatic N) is 1. The second-order valence-electron chi connectivity index (χ2n) is 4.38. The van der Waals surface area contributed by atoms with Crippen LogP contribution < -0.4 is 19.9 Å². The van der Waals surface area contributed by atoms with Crippen molar-refractivity contribution >= 4 is 26.6 Å². The number of ether oxygens (including phenoxy) is 2. The summed E-state index contributed by atoms with van der Waals surface area (Å²) >= 11 is 0. The molecule has 2 rings (SSSR count). The molecule has 0 saturated heterocycles. The number of benzene rings is 1. The third kappa shape index (κ3) is 3.73. The number of primary sulfonamides is 1. The van der Waals surface area contributed by atoms with Crippen LogP contribution in [0.15, 0.2) is 24.4 Å². The van der Waals surface area contributed by atoms with Crippen LogP contribution in [0.4, 0.5) is 5.82 Å². The monoisotopic (exact) mass is 311 g/mol. The number of hydrogen-bond acceptors (Lipinski definition) is 6. The molecular weight excluding hydrogens is 294 g/mol. The van der Waals surface area contributed by atoms with Gasteiger partial charge in [0.25, 0.3) is 0 Å². The van der Waals surface area contributed by atoms with E-state index in [0.29, 0.717) is 17.3 Å². The lowest BCUT2D eigenvalue weighted by atomic mass is 10.1. The summed E-state index contributed by atoms with van der Waals surface area (Å²) in [7, 11) is -0.391. The predicted octanol–water partition coefficient (Wildman–Crippen LogP) is 0.952. The fraction of sp³-hybridized carbons (Fsp3) is 0.308. The summed E-state index contributed by atoms with van der Waals surface area (Å²) in [6, 6.07) is 5.46. The standard InChI is InChI=1S/C13H17N3O4S/c1-19-11-7-9-3-4-15-13(10(9)8-12(11)20-2)16-5-6-21(14,17)18/h3-4,7-8H,5-6H2,1-2H3,(H,15,16)(H2,14,17,18). The minimum absolute atomic E-state index is 0.168. The molecule has 0 radical (unpaired) electrons. The van der Waals surface area contributed by atoms with Gasteiger partial charge in [0.15, 0.2) is 11.5 Å². The lowest BCUT2D eigenvalue weighted by Gasteiger charge is -2.12. The third-order valence-corrected chi connectivity index (χ3v) is 3.72. The van der Waals surface area contributed by atoms with Crippen molar-refractivity contribution in [1.82, 2.24) is 4.98 Å². The van der Waals surface area contributed by atoms with Crippen molar-refractivity contribution in [2.24, 2.45) is 5.14 Å². The van der Waals surface area contributed by atoms with Gasteiger partial charge in [-0.2, -0.15) is 0 Å². The third-order valence-electron chi connectivity index (χ3n) is 2.95. The van der Waals surface area contributed by atoms with Crippen molar-refractivity contribution < 1.29 is 17.9 Å². The van der Waals surface area contributed by atoms with Crippen LogP contribution in [0.3, 0.4) is 0 Å². The van der Waals surface area contributed by atoms with E-state index in [1.165, 1.54) is 0 Å². The molecule has 21 heavy (non-hydrogen) atoms. The summed E-state index contributed by atoms with van der Waals surface area (Å²) in [4.78, 5) is 4.21. The van der Waals surface area contributed by atoms with E-state index in [9.17, 15) is 8.42 Å². The Kier molecular flexibility index (Phi) is 4.49. The van der Waals surface area contributed by atoms with E-state index < -0.39 is 10.0 Å². The zero-order valence-corrected chi connectivity index (χ0v) is 12.6. The maximum atomic E-state index is 10.9. The largest absolute Gasteiger partial charge is 0.493 e. The highest BCUT2D eigenvalue weighted by molar-refractivity contribution is 7.89. The van der Waals surface area contributed by atoms with Crippen molar-refractivity contribution in [2.75, 3.05) is 31.8 Å². The second-order valence-corrected chi connectivity index (χ2v) is 6.12. The van der Waals surface area contributed by atoms with Gasteiger partial charge in [-0.15, -0.1) is 0 Å². The fourth-order valence-electron chi connectivity index (χ4n) is 1.95. The number of fused-ring (bicyclic) bond motifs is 1.